The molecule has 0 aliphatic carbocycles. The summed E-state index contributed by atoms with van der Waals surface area (Å²) in [4.78, 5) is 0. The second kappa shape index (κ2) is 5.73. The van der Waals surface area contributed by atoms with Gasteiger partial charge in [-0.3, -0.25) is 4.68 Å². The number of hydrogen-bond acceptors (Lipinski definition) is 3. The molecule has 1 fully saturated rings. The highest BCUT2D eigenvalue weighted by Gasteiger charge is 2.16. The summed E-state index contributed by atoms with van der Waals surface area (Å²) in [7, 11) is 0. The number of nitrogens with zero attached hydrogens (tertiary/aromatic N) is 2. The van der Waals surface area contributed by atoms with Gasteiger partial charge in [-0.15, -0.1) is 0 Å². The molecule has 1 aliphatic rings. The number of aryl methyl sites for hydroxylation is 1. The van der Waals surface area contributed by atoms with Gasteiger partial charge in [0.1, 0.15) is 0 Å². The third kappa shape index (κ3) is 3.01. The van der Waals surface area contributed by atoms with Gasteiger partial charge < -0.3 is 5.32 Å². The summed E-state index contributed by atoms with van der Waals surface area (Å²) in [6, 6.07) is 0.418. The van der Waals surface area contributed by atoms with Crippen molar-refractivity contribution in [3.8, 4) is 0 Å². The molecule has 2 atom stereocenters. The maximum absolute atomic E-state index is 4.31. The van der Waals surface area contributed by atoms with Crippen LogP contribution in [-0.4, -0.2) is 27.3 Å². The third-order valence-corrected chi connectivity index (χ3v) is 4.55. The summed E-state index contributed by atoms with van der Waals surface area (Å²) in [5, 5.41) is 8.73. The molecule has 0 amide bonds. The first-order valence-electron chi connectivity index (χ1n) is 6.17. The van der Waals surface area contributed by atoms with E-state index in [4.69, 9.17) is 0 Å². The lowest BCUT2D eigenvalue weighted by molar-refractivity contribution is 0.558. The molecule has 2 unspecified atom stereocenters. The molecule has 0 aromatic carbocycles. The van der Waals surface area contributed by atoms with Crippen LogP contribution in [0.1, 0.15) is 38.3 Å². The molecule has 2 rings (SSSR count). The van der Waals surface area contributed by atoms with Crippen LogP contribution in [0.5, 0.6) is 0 Å². The molecule has 3 nitrogen and oxygen atoms in total. The van der Waals surface area contributed by atoms with Gasteiger partial charge in [0, 0.05) is 36.1 Å². The number of thioether (sulfide) groups is 1. The van der Waals surface area contributed by atoms with E-state index in [0.717, 1.165) is 18.3 Å². The molecule has 4 heteroatoms. The van der Waals surface area contributed by atoms with E-state index in [1.807, 2.05) is 10.9 Å². The van der Waals surface area contributed by atoms with Crippen molar-refractivity contribution >= 4 is 11.8 Å². The highest BCUT2D eigenvalue weighted by Crippen LogP contribution is 2.26. The summed E-state index contributed by atoms with van der Waals surface area (Å²) in [6.45, 7) is 6.41. The molecule has 1 aromatic heterocycles. The number of rotatable bonds is 5. The Bertz CT molecular complexity index is 318. The van der Waals surface area contributed by atoms with Gasteiger partial charge in [-0.05, 0) is 32.4 Å². The van der Waals surface area contributed by atoms with Crippen LogP contribution in [0.2, 0.25) is 0 Å². The topological polar surface area (TPSA) is 29.9 Å². The van der Waals surface area contributed by atoms with E-state index in [1.54, 1.807) is 0 Å². The smallest absolute Gasteiger partial charge is 0.0537 e. The van der Waals surface area contributed by atoms with Gasteiger partial charge in [-0.1, -0.05) is 0 Å². The molecule has 1 saturated heterocycles. The van der Waals surface area contributed by atoms with Crippen molar-refractivity contribution in [1.82, 2.24) is 15.1 Å². The Morgan fingerprint density at radius 3 is 3.19 bits per heavy atom. The Morgan fingerprint density at radius 1 is 1.69 bits per heavy atom. The Morgan fingerprint density at radius 2 is 2.56 bits per heavy atom. The Balaban J connectivity index is 1.80. The largest absolute Gasteiger partial charge is 0.309 e. The maximum atomic E-state index is 4.31. The van der Waals surface area contributed by atoms with Crippen molar-refractivity contribution in [2.24, 2.45) is 0 Å². The van der Waals surface area contributed by atoms with Crippen molar-refractivity contribution in [2.45, 2.75) is 44.5 Å². The van der Waals surface area contributed by atoms with E-state index < -0.39 is 0 Å². The fraction of sp³-hybridized carbons (Fsp3) is 0.750. The molecular weight excluding hydrogens is 218 g/mol. The molecule has 2 heterocycles. The number of nitrogens with one attached hydrogen (secondary N) is 1. The van der Waals surface area contributed by atoms with Crippen LogP contribution < -0.4 is 5.32 Å². The lowest BCUT2D eigenvalue weighted by Crippen LogP contribution is -2.25. The zero-order valence-electron chi connectivity index (χ0n) is 10.1. The van der Waals surface area contributed by atoms with Crippen LogP contribution in [0.4, 0.5) is 0 Å². The van der Waals surface area contributed by atoms with E-state index in [-0.39, 0.29) is 0 Å². The Hall–Kier alpha value is -0.480. The molecule has 0 saturated carbocycles. The van der Waals surface area contributed by atoms with Crippen LogP contribution in [-0.2, 0) is 6.54 Å². The normalized spacial score (nSPS) is 22.5. The predicted molar refractivity (Wildman–Crippen MR) is 69.8 cm³/mol. The van der Waals surface area contributed by atoms with E-state index >= 15 is 0 Å². The first-order chi connectivity index (χ1) is 7.79. The van der Waals surface area contributed by atoms with Crippen molar-refractivity contribution in [3.63, 3.8) is 0 Å². The maximum Gasteiger partial charge on any atom is 0.0537 e. The average Bonchev–Trinajstić information content (AvgIpc) is 2.96. The predicted octanol–water partition coefficient (Wildman–Crippen LogP) is 2.45. The van der Waals surface area contributed by atoms with Crippen LogP contribution >= 0.6 is 11.8 Å². The van der Waals surface area contributed by atoms with E-state index in [1.165, 1.54) is 24.2 Å². The Kier molecular flexibility index (Phi) is 4.29. The summed E-state index contributed by atoms with van der Waals surface area (Å²) >= 11 is 2.11. The third-order valence-electron chi connectivity index (χ3n) is 3.15. The fourth-order valence-electron chi connectivity index (χ4n) is 2.01. The van der Waals surface area contributed by atoms with Crippen LogP contribution in [0.3, 0.4) is 0 Å². The lowest BCUT2D eigenvalue weighted by Gasteiger charge is -2.15. The second-order valence-corrected chi connectivity index (χ2v) is 5.80. The standard InChI is InChI=1S/C12H21N3S/c1-3-15-9-11(7-14-15)10(2)13-8-12-5-4-6-16-12/h7,9-10,12-13H,3-6,8H2,1-2H3. The molecule has 0 radical (unpaired) electrons. The monoisotopic (exact) mass is 239 g/mol. The van der Waals surface area contributed by atoms with Crippen molar-refractivity contribution in [2.75, 3.05) is 12.3 Å². The molecule has 1 N–H and O–H groups in total. The van der Waals surface area contributed by atoms with Gasteiger partial charge in [0.2, 0.25) is 0 Å². The molecule has 1 aromatic rings. The summed E-state index contributed by atoms with van der Waals surface area (Å²) < 4.78 is 1.98. The zero-order chi connectivity index (χ0) is 11.4. The van der Waals surface area contributed by atoms with Gasteiger partial charge in [0.25, 0.3) is 0 Å². The quantitative estimate of drug-likeness (QED) is 0.856. The summed E-state index contributed by atoms with van der Waals surface area (Å²) in [5.41, 5.74) is 1.30. The van der Waals surface area contributed by atoms with Crippen molar-refractivity contribution < 1.29 is 0 Å². The van der Waals surface area contributed by atoms with Crippen LogP contribution in [0, 0.1) is 0 Å². The molecule has 90 valence electrons. The van der Waals surface area contributed by atoms with Gasteiger partial charge >= 0.3 is 0 Å². The molecule has 1 aliphatic heterocycles. The minimum Gasteiger partial charge on any atom is -0.309 e. The SMILES string of the molecule is CCn1cc(C(C)NCC2CCCS2)cn1. The van der Waals surface area contributed by atoms with E-state index in [2.05, 4.69) is 42.2 Å². The van der Waals surface area contributed by atoms with Crippen LogP contribution in [0.15, 0.2) is 12.4 Å². The highest BCUT2D eigenvalue weighted by molar-refractivity contribution is 8.00. The van der Waals surface area contributed by atoms with Gasteiger partial charge in [0.05, 0.1) is 6.20 Å². The fourth-order valence-corrected chi connectivity index (χ4v) is 3.22. The van der Waals surface area contributed by atoms with Crippen LogP contribution in [0.25, 0.3) is 0 Å². The van der Waals surface area contributed by atoms with Gasteiger partial charge in [-0.2, -0.15) is 16.9 Å². The second-order valence-electron chi connectivity index (χ2n) is 4.39. The first-order valence-corrected chi connectivity index (χ1v) is 7.21. The molecular formula is C12H21N3S. The number of aromatic nitrogens is 2. The molecule has 0 bridgehead atoms. The minimum absolute atomic E-state index is 0.418. The van der Waals surface area contributed by atoms with E-state index in [9.17, 15) is 0 Å². The van der Waals surface area contributed by atoms with Gasteiger partial charge in [-0.25, -0.2) is 0 Å². The number of hydrogen-bond donors (Lipinski definition) is 1. The lowest BCUT2D eigenvalue weighted by atomic mass is 10.2. The Labute approximate surface area is 102 Å². The van der Waals surface area contributed by atoms with E-state index in [0.29, 0.717) is 6.04 Å². The highest BCUT2D eigenvalue weighted by atomic mass is 32.2. The first kappa shape index (κ1) is 12.0. The van der Waals surface area contributed by atoms with Gasteiger partial charge in [0.15, 0.2) is 0 Å². The van der Waals surface area contributed by atoms with Crippen molar-refractivity contribution in [3.05, 3.63) is 18.0 Å². The summed E-state index contributed by atoms with van der Waals surface area (Å²) in [6.07, 6.45) is 6.88. The zero-order valence-corrected chi connectivity index (χ0v) is 11.0. The van der Waals surface area contributed by atoms with Crippen molar-refractivity contribution in [1.29, 1.82) is 0 Å². The average molecular weight is 239 g/mol. The molecule has 16 heavy (non-hydrogen) atoms. The minimum atomic E-state index is 0.418. The summed E-state index contributed by atoms with van der Waals surface area (Å²) in [5.74, 6) is 1.34. The molecule has 0 spiro atoms.